The number of halogens is 1. The molecule has 0 aromatic carbocycles. The van der Waals surface area contributed by atoms with Gasteiger partial charge in [0.2, 0.25) is 0 Å². The molecule has 0 bridgehead atoms. The maximum Gasteiger partial charge on any atom is 0.159 e. The fourth-order valence-corrected chi connectivity index (χ4v) is 2.83. The van der Waals surface area contributed by atoms with Crippen molar-refractivity contribution in [3.8, 4) is 0 Å². The first-order valence-electron chi connectivity index (χ1n) is 7.19. The number of ether oxygens (including phenoxy) is 1. The Morgan fingerprint density at radius 3 is 2.35 bits per heavy atom. The number of aromatic nitrogens is 2. The second-order valence-electron chi connectivity index (χ2n) is 5.90. The molecule has 114 valence electrons. The van der Waals surface area contributed by atoms with Crippen LogP contribution in [0.25, 0.3) is 0 Å². The van der Waals surface area contributed by atoms with Crippen molar-refractivity contribution in [1.29, 1.82) is 0 Å². The molecule has 0 aliphatic heterocycles. The molecule has 5 heteroatoms. The molecule has 0 saturated heterocycles. The Kier molecular flexibility index (Phi) is 6.40. The van der Waals surface area contributed by atoms with Crippen LogP contribution < -0.4 is 5.32 Å². The van der Waals surface area contributed by atoms with Gasteiger partial charge in [0, 0.05) is 19.1 Å². The van der Waals surface area contributed by atoms with Gasteiger partial charge in [0.05, 0.1) is 10.2 Å². The summed E-state index contributed by atoms with van der Waals surface area (Å²) in [5, 5.41) is 3.37. The predicted octanol–water partition coefficient (Wildman–Crippen LogP) is 4.46. The average Bonchev–Trinajstić information content (AvgIpc) is 2.38. The summed E-state index contributed by atoms with van der Waals surface area (Å²) in [5.41, 5.74) is 0.960. The molecule has 1 unspecified atom stereocenters. The first-order chi connectivity index (χ1) is 9.35. The van der Waals surface area contributed by atoms with Gasteiger partial charge >= 0.3 is 0 Å². The van der Waals surface area contributed by atoms with Gasteiger partial charge in [0.1, 0.15) is 11.9 Å². The molecule has 1 N–H and O–H groups in total. The molecule has 0 spiro atoms. The summed E-state index contributed by atoms with van der Waals surface area (Å²) in [6.07, 6.45) is 1.85. The molecular weight excluding hydrogens is 318 g/mol. The summed E-state index contributed by atoms with van der Waals surface area (Å²) in [7, 11) is 1.70. The van der Waals surface area contributed by atoms with Crippen molar-refractivity contribution < 1.29 is 4.74 Å². The molecule has 1 rings (SSSR count). The van der Waals surface area contributed by atoms with E-state index >= 15 is 0 Å². The van der Waals surface area contributed by atoms with Gasteiger partial charge in [-0.25, -0.2) is 9.97 Å². The normalized spacial score (nSPS) is 13.3. The highest BCUT2D eigenvalue weighted by molar-refractivity contribution is 9.10. The molecule has 0 radical (unpaired) electrons. The van der Waals surface area contributed by atoms with Crippen LogP contribution >= 0.6 is 15.9 Å². The smallest absolute Gasteiger partial charge is 0.159 e. The highest BCUT2D eigenvalue weighted by Gasteiger charge is 2.25. The highest BCUT2D eigenvalue weighted by atomic mass is 79.9. The molecule has 20 heavy (non-hydrogen) atoms. The first-order valence-corrected chi connectivity index (χ1v) is 7.99. The van der Waals surface area contributed by atoms with Gasteiger partial charge in [-0.1, -0.05) is 34.6 Å². The molecule has 0 aliphatic rings. The zero-order valence-electron chi connectivity index (χ0n) is 13.4. The van der Waals surface area contributed by atoms with Crippen LogP contribution in [0.2, 0.25) is 0 Å². The summed E-state index contributed by atoms with van der Waals surface area (Å²) < 4.78 is 6.44. The monoisotopic (exact) mass is 343 g/mol. The second kappa shape index (κ2) is 7.36. The third kappa shape index (κ3) is 4.16. The Balaban J connectivity index is 3.33. The lowest BCUT2D eigenvalue weighted by Crippen LogP contribution is -2.20. The summed E-state index contributed by atoms with van der Waals surface area (Å²) >= 11 is 3.65. The number of hydrogen-bond donors (Lipinski definition) is 1. The van der Waals surface area contributed by atoms with E-state index in [1.54, 1.807) is 7.11 Å². The Morgan fingerprint density at radius 2 is 1.90 bits per heavy atom. The number of nitrogens with zero attached hydrogens (tertiary/aromatic N) is 2. The van der Waals surface area contributed by atoms with Crippen LogP contribution in [-0.4, -0.2) is 23.6 Å². The van der Waals surface area contributed by atoms with Gasteiger partial charge in [-0.3, -0.25) is 0 Å². The van der Waals surface area contributed by atoms with Crippen LogP contribution in [0.15, 0.2) is 4.47 Å². The first kappa shape index (κ1) is 17.4. The van der Waals surface area contributed by atoms with E-state index in [9.17, 15) is 0 Å². The number of nitrogens with one attached hydrogen (secondary N) is 1. The third-order valence-electron chi connectivity index (χ3n) is 3.06. The van der Waals surface area contributed by atoms with E-state index in [4.69, 9.17) is 9.72 Å². The molecule has 4 nitrogen and oxygen atoms in total. The largest absolute Gasteiger partial charge is 0.373 e. The lowest BCUT2D eigenvalue weighted by molar-refractivity contribution is 0.0922. The Morgan fingerprint density at radius 1 is 1.25 bits per heavy atom. The minimum absolute atomic E-state index is 0.0504. The highest BCUT2D eigenvalue weighted by Crippen LogP contribution is 2.34. The molecule has 1 aromatic heterocycles. The minimum atomic E-state index is -0.0635. The molecular formula is C15H26BrN3O. The zero-order valence-corrected chi connectivity index (χ0v) is 15.0. The van der Waals surface area contributed by atoms with Gasteiger partial charge in [-0.05, 0) is 28.8 Å². The SMILES string of the molecule is CCCNc1nc(C(CC)OC)nc(C(C)(C)C)c1Br. The van der Waals surface area contributed by atoms with E-state index in [0.29, 0.717) is 0 Å². The van der Waals surface area contributed by atoms with Crippen LogP contribution in [0.1, 0.15) is 65.1 Å². The lowest BCUT2D eigenvalue weighted by Gasteiger charge is -2.23. The summed E-state index contributed by atoms with van der Waals surface area (Å²) in [4.78, 5) is 9.36. The fraction of sp³-hybridized carbons (Fsp3) is 0.733. The molecule has 0 saturated carbocycles. The van der Waals surface area contributed by atoms with Crippen molar-refractivity contribution >= 4 is 21.7 Å². The summed E-state index contributed by atoms with van der Waals surface area (Å²) in [6.45, 7) is 11.6. The number of methoxy groups -OCH3 is 1. The van der Waals surface area contributed by atoms with Crippen molar-refractivity contribution in [3.63, 3.8) is 0 Å². The molecule has 0 amide bonds. The zero-order chi connectivity index (χ0) is 15.3. The maximum atomic E-state index is 5.48. The number of hydrogen-bond acceptors (Lipinski definition) is 4. The van der Waals surface area contributed by atoms with Gasteiger partial charge in [0.25, 0.3) is 0 Å². The molecule has 1 heterocycles. The average molecular weight is 344 g/mol. The van der Waals surface area contributed by atoms with E-state index in [1.807, 2.05) is 0 Å². The Labute approximate surface area is 130 Å². The molecule has 0 fully saturated rings. The third-order valence-corrected chi connectivity index (χ3v) is 3.82. The summed E-state index contributed by atoms with van der Waals surface area (Å²) in [6, 6.07) is 0. The van der Waals surface area contributed by atoms with E-state index < -0.39 is 0 Å². The topological polar surface area (TPSA) is 47.0 Å². The van der Waals surface area contributed by atoms with Crippen LogP contribution in [0, 0.1) is 0 Å². The van der Waals surface area contributed by atoms with Crippen molar-refractivity contribution in [2.75, 3.05) is 19.0 Å². The van der Waals surface area contributed by atoms with Crippen LogP contribution in [-0.2, 0) is 10.2 Å². The van der Waals surface area contributed by atoms with Crippen molar-refractivity contribution in [2.24, 2.45) is 0 Å². The van der Waals surface area contributed by atoms with Crippen molar-refractivity contribution in [3.05, 3.63) is 16.0 Å². The predicted molar refractivity (Wildman–Crippen MR) is 87.3 cm³/mol. The minimum Gasteiger partial charge on any atom is -0.373 e. The number of anilines is 1. The van der Waals surface area contributed by atoms with E-state index in [-0.39, 0.29) is 11.5 Å². The maximum absolute atomic E-state index is 5.48. The van der Waals surface area contributed by atoms with Crippen LogP contribution in [0.4, 0.5) is 5.82 Å². The molecule has 0 aliphatic carbocycles. The van der Waals surface area contributed by atoms with Crippen LogP contribution in [0.5, 0.6) is 0 Å². The lowest BCUT2D eigenvalue weighted by atomic mass is 9.91. The van der Waals surface area contributed by atoms with Gasteiger partial charge in [-0.15, -0.1) is 0 Å². The quantitative estimate of drug-likeness (QED) is 0.828. The Bertz CT molecular complexity index is 439. The van der Waals surface area contributed by atoms with Gasteiger partial charge in [-0.2, -0.15) is 0 Å². The standard InChI is InChI=1S/C15H26BrN3O/c1-7-9-17-14-11(16)12(15(3,4)5)18-13(19-14)10(8-2)20-6/h10H,7-9H2,1-6H3,(H,17,18,19). The van der Waals surface area contributed by atoms with E-state index in [1.165, 1.54) is 0 Å². The fourth-order valence-electron chi connectivity index (χ4n) is 1.92. The summed E-state index contributed by atoms with van der Waals surface area (Å²) in [5.74, 6) is 1.61. The van der Waals surface area contributed by atoms with Crippen LogP contribution in [0.3, 0.4) is 0 Å². The van der Waals surface area contributed by atoms with Crippen molar-refractivity contribution in [2.45, 2.75) is 59.0 Å². The van der Waals surface area contributed by atoms with Gasteiger partial charge < -0.3 is 10.1 Å². The molecule has 1 aromatic rings. The second-order valence-corrected chi connectivity index (χ2v) is 6.70. The Hall–Kier alpha value is -0.680. The van der Waals surface area contributed by atoms with E-state index in [2.05, 4.69) is 60.8 Å². The van der Waals surface area contributed by atoms with Crippen molar-refractivity contribution in [1.82, 2.24) is 9.97 Å². The van der Waals surface area contributed by atoms with Gasteiger partial charge in [0.15, 0.2) is 5.82 Å². The molecule has 1 atom stereocenters. The van der Waals surface area contributed by atoms with E-state index in [0.717, 1.165) is 41.2 Å². The number of rotatable bonds is 6.